The van der Waals surface area contributed by atoms with Crippen molar-refractivity contribution in [2.75, 3.05) is 0 Å². The Kier molecular flexibility index (Phi) is 2.50. The number of aromatic nitrogens is 2. The molecule has 0 aliphatic rings. The molecule has 0 bridgehead atoms. The number of pyridine rings is 2. The lowest BCUT2D eigenvalue weighted by Crippen LogP contribution is -1.92. The molecule has 0 aliphatic carbocycles. The van der Waals surface area contributed by atoms with E-state index in [2.05, 4.69) is 45.8 Å². The van der Waals surface area contributed by atoms with Gasteiger partial charge in [-0.2, -0.15) is 0 Å². The first-order chi connectivity index (χ1) is 6.70. The summed E-state index contributed by atoms with van der Waals surface area (Å²) >= 11 is 3.41. The van der Waals surface area contributed by atoms with Gasteiger partial charge in [-0.1, -0.05) is 13.8 Å². The van der Waals surface area contributed by atoms with E-state index in [9.17, 15) is 0 Å². The lowest BCUT2D eigenvalue weighted by Gasteiger charge is -2.09. The maximum absolute atomic E-state index is 4.31. The van der Waals surface area contributed by atoms with Crippen LogP contribution in [0.5, 0.6) is 0 Å². The number of rotatable bonds is 1. The monoisotopic (exact) mass is 250 g/mol. The summed E-state index contributed by atoms with van der Waals surface area (Å²) in [5.41, 5.74) is 2.26. The lowest BCUT2D eigenvalue weighted by atomic mass is 10.0. The van der Waals surface area contributed by atoms with Crippen LogP contribution in [0.3, 0.4) is 0 Å². The van der Waals surface area contributed by atoms with Gasteiger partial charge in [0.05, 0.1) is 0 Å². The van der Waals surface area contributed by atoms with E-state index in [1.165, 1.54) is 10.9 Å². The Hall–Kier alpha value is -0.960. The molecule has 2 rings (SSSR count). The molecule has 0 spiro atoms. The molecular weight excluding hydrogens is 240 g/mol. The van der Waals surface area contributed by atoms with Crippen LogP contribution in [0, 0.1) is 0 Å². The van der Waals surface area contributed by atoms with E-state index in [4.69, 9.17) is 0 Å². The minimum absolute atomic E-state index is 0.509. The Morgan fingerprint density at radius 2 is 1.86 bits per heavy atom. The molecule has 3 heteroatoms. The van der Waals surface area contributed by atoms with E-state index in [0.717, 1.165) is 10.1 Å². The first kappa shape index (κ1) is 9.59. The molecule has 2 aromatic rings. The maximum Gasteiger partial charge on any atom is 0.132 e. The molecule has 0 atom stereocenters. The van der Waals surface area contributed by atoms with Crippen LogP contribution >= 0.6 is 15.9 Å². The normalized spacial score (nSPS) is 11.1. The highest BCUT2D eigenvalue weighted by Gasteiger charge is 2.07. The van der Waals surface area contributed by atoms with Gasteiger partial charge in [0.15, 0.2) is 0 Å². The zero-order valence-electron chi connectivity index (χ0n) is 8.16. The Morgan fingerprint density at radius 1 is 1.14 bits per heavy atom. The van der Waals surface area contributed by atoms with Crippen LogP contribution in [0.15, 0.2) is 29.1 Å². The largest absolute Gasteiger partial charge is 0.253 e. The van der Waals surface area contributed by atoms with Crippen LogP contribution in [0.25, 0.3) is 10.9 Å². The van der Waals surface area contributed by atoms with Crippen LogP contribution in [-0.2, 0) is 0 Å². The van der Waals surface area contributed by atoms with Gasteiger partial charge < -0.3 is 0 Å². The van der Waals surface area contributed by atoms with Crippen molar-refractivity contribution >= 4 is 26.8 Å². The van der Waals surface area contributed by atoms with Gasteiger partial charge in [-0.3, -0.25) is 4.98 Å². The van der Waals surface area contributed by atoms with Gasteiger partial charge in [-0.15, -0.1) is 0 Å². The Balaban J connectivity index is 2.81. The molecule has 72 valence electrons. The third-order valence-electron chi connectivity index (χ3n) is 2.27. The van der Waals surface area contributed by atoms with Gasteiger partial charge in [0.1, 0.15) is 10.1 Å². The molecule has 0 fully saturated rings. The van der Waals surface area contributed by atoms with Gasteiger partial charge in [0, 0.05) is 17.8 Å². The number of fused-ring (bicyclic) bond motifs is 1. The summed E-state index contributed by atoms with van der Waals surface area (Å²) in [6.45, 7) is 4.37. The molecule has 0 saturated carbocycles. The van der Waals surface area contributed by atoms with Crippen molar-refractivity contribution in [1.29, 1.82) is 0 Å². The van der Waals surface area contributed by atoms with Crippen molar-refractivity contribution in [3.05, 3.63) is 34.7 Å². The summed E-state index contributed by atoms with van der Waals surface area (Å²) < 4.78 is 0.817. The van der Waals surface area contributed by atoms with Crippen LogP contribution < -0.4 is 0 Å². The van der Waals surface area contributed by atoms with E-state index in [-0.39, 0.29) is 0 Å². The second kappa shape index (κ2) is 3.65. The van der Waals surface area contributed by atoms with Crippen molar-refractivity contribution in [2.24, 2.45) is 0 Å². The molecule has 14 heavy (non-hydrogen) atoms. The van der Waals surface area contributed by atoms with Gasteiger partial charge in [0.25, 0.3) is 0 Å². The minimum Gasteiger partial charge on any atom is -0.253 e. The summed E-state index contributed by atoms with van der Waals surface area (Å²) in [4.78, 5) is 8.48. The number of hydrogen-bond donors (Lipinski definition) is 0. The van der Waals surface area contributed by atoms with Crippen molar-refractivity contribution in [3.8, 4) is 0 Å². The molecule has 2 heterocycles. The maximum atomic E-state index is 4.31. The van der Waals surface area contributed by atoms with Crippen molar-refractivity contribution < 1.29 is 0 Å². The van der Waals surface area contributed by atoms with Gasteiger partial charge >= 0.3 is 0 Å². The number of hydrogen-bond acceptors (Lipinski definition) is 2. The van der Waals surface area contributed by atoms with E-state index < -0.39 is 0 Å². The molecular formula is C11H11BrN2. The quantitative estimate of drug-likeness (QED) is 0.724. The standard InChI is InChI=1S/C11H11BrN2/c1-7(2)8-3-5-13-10-9(8)4-6-14-11(10)12/h3-7H,1-2H3. The fraction of sp³-hybridized carbons (Fsp3) is 0.273. The number of halogens is 1. The molecule has 0 aromatic carbocycles. The van der Waals surface area contributed by atoms with E-state index in [1.807, 2.05) is 12.3 Å². The van der Waals surface area contributed by atoms with Gasteiger partial charge in [-0.25, -0.2) is 4.98 Å². The molecule has 0 N–H and O–H groups in total. The highest BCUT2D eigenvalue weighted by molar-refractivity contribution is 9.10. The molecule has 0 radical (unpaired) electrons. The SMILES string of the molecule is CC(C)c1ccnc2c(Br)nccc12. The third-order valence-corrected chi connectivity index (χ3v) is 2.85. The second-order valence-electron chi connectivity index (χ2n) is 3.55. The summed E-state index contributed by atoms with van der Waals surface area (Å²) in [6, 6.07) is 4.09. The van der Waals surface area contributed by atoms with Crippen LogP contribution in [0.2, 0.25) is 0 Å². The molecule has 0 aliphatic heterocycles. The van der Waals surface area contributed by atoms with E-state index in [0.29, 0.717) is 5.92 Å². The summed E-state index contributed by atoms with van der Waals surface area (Å²) in [6.07, 6.45) is 3.64. The van der Waals surface area contributed by atoms with Gasteiger partial charge in [0.2, 0.25) is 0 Å². The lowest BCUT2D eigenvalue weighted by molar-refractivity contribution is 0.874. The topological polar surface area (TPSA) is 25.8 Å². The first-order valence-electron chi connectivity index (χ1n) is 4.59. The van der Waals surface area contributed by atoms with Crippen LogP contribution in [0.1, 0.15) is 25.3 Å². The Morgan fingerprint density at radius 3 is 2.57 bits per heavy atom. The average Bonchev–Trinajstić information content (AvgIpc) is 2.17. The molecule has 0 unspecified atom stereocenters. The molecule has 0 saturated heterocycles. The van der Waals surface area contributed by atoms with Crippen molar-refractivity contribution in [3.63, 3.8) is 0 Å². The van der Waals surface area contributed by atoms with Crippen LogP contribution in [0.4, 0.5) is 0 Å². The summed E-state index contributed by atoms with van der Waals surface area (Å²) in [5.74, 6) is 0.509. The van der Waals surface area contributed by atoms with Gasteiger partial charge in [-0.05, 0) is 39.5 Å². The highest BCUT2D eigenvalue weighted by Crippen LogP contribution is 2.26. The van der Waals surface area contributed by atoms with Crippen molar-refractivity contribution in [1.82, 2.24) is 9.97 Å². The van der Waals surface area contributed by atoms with E-state index >= 15 is 0 Å². The first-order valence-corrected chi connectivity index (χ1v) is 5.38. The number of nitrogens with zero attached hydrogens (tertiary/aromatic N) is 2. The second-order valence-corrected chi connectivity index (χ2v) is 4.30. The van der Waals surface area contributed by atoms with E-state index in [1.54, 1.807) is 6.20 Å². The smallest absolute Gasteiger partial charge is 0.132 e. The van der Waals surface area contributed by atoms with Crippen molar-refractivity contribution in [2.45, 2.75) is 19.8 Å². The zero-order chi connectivity index (χ0) is 10.1. The minimum atomic E-state index is 0.509. The summed E-state index contributed by atoms with van der Waals surface area (Å²) in [5, 5.41) is 1.18. The predicted octanol–water partition coefficient (Wildman–Crippen LogP) is 3.52. The highest BCUT2D eigenvalue weighted by atomic mass is 79.9. The predicted molar refractivity (Wildman–Crippen MR) is 61.3 cm³/mol. The molecule has 0 amide bonds. The molecule has 2 nitrogen and oxygen atoms in total. The summed E-state index contributed by atoms with van der Waals surface area (Å²) in [7, 11) is 0. The fourth-order valence-electron chi connectivity index (χ4n) is 1.57. The Bertz CT molecular complexity index is 466. The fourth-order valence-corrected chi connectivity index (χ4v) is 2.00. The van der Waals surface area contributed by atoms with Crippen LogP contribution in [-0.4, -0.2) is 9.97 Å². The third kappa shape index (κ3) is 1.52. The Labute approximate surface area is 91.5 Å². The molecule has 2 aromatic heterocycles. The zero-order valence-corrected chi connectivity index (χ0v) is 9.75. The average molecular weight is 251 g/mol.